The standard InChI is InChI=1S/C16H28N2O2/c1-4-11-20-15-8-7-14(12-16(15)19-5-2)13-18-10-6-9-17-3/h7-8,12,17-18H,4-6,9-11,13H2,1-3H3. The number of hydrogen-bond donors (Lipinski definition) is 2. The molecule has 0 amide bonds. The molecule has 0 aliphatic carbocycles. The lowest BCUT2D eigenvalue weighted by Gasteiger charge is -2.13. The predicted octanol–water partition coefficient (Wildman–Crippen LogP) is 2.57. The molecule has 1 aromatic carbocycles. The van der Waals surface area contributed by atoms with Gasteiger partial charge in [0.15, 0.2) is 11.5 Å². The molecule has 0 atom stereocenters. The first-order valence-corrected chi connectivity index (χ1v) is 7.55. The maximum Gasteiger partial charge on any atom is 0.161 e. The molecule has 0 unspecified atom stereocenters. The topological polar surface area (TPSA) is 42.5 Å². The van der Waals surface area contributed by atoms with Crippen molar-refractivity contribution in [2.45, 2.75) is 33.2 Å². The molecular formula is C16H28N2O2. The smallest absolute Gasteiger partial charge is 0.161 e. The van der Waals surface area contributed by atoms with Gasteiger partial charge in [-0.1, -0.05) is 13.0 Å². The summed E-state index contributed by atoms with van der Waals surface area (Å²) in [7, 11) is 1.98. The molecule has 0 radical (unpaired) electrons. The Kier molecular flexibility index (Phi) is 8.83. The number of hydrogen-bond acceptors (Lipinski definition) is 4. The molecule has 0 fully saturated rings. The highest BCUT2D eigenvalue weighted by Crippen LogP contribution is 2.28. The van der Waals surface area contributed by atoms with Crippen LogP contribution in [0.5, 0.6) is 11.5 Å². The second-order valence-corrected chi connectivity index (χ2v) is 4.70. The van der Waals surface area contributed by atoms with Crippen molar-refractivity contribution in [2.24, 2.45) is 0 Å². The molecule has 2 N–H and O–H groups in total. The monoisotopic (exact) mass is 280 g/mol. The number of benzene rings is 1. The first kappa shape index (κ1) is 16.8. The Morgan fingerprint density at radius 1 is 1.05 bits per heavy atom. The number of rotatable bonds is 11. The van der Waals surface area contributed by atoms with Crippen molar-refractivity contribution in [3.05, 3.63) is 23.8 Å². The van der Waals surface area contributed by atoms with E-state index in [1.54, 1.807) is 0 Å². The lowest BCUT2D eigenvalue weighted by molar-refractivity contribution is 0.276. The van der Waals surface area contributed by atoms with Crippen molar-refractivity contribution in [3.8, 4) is 11.5 Å². The van der Waals surface area contributed by atoms with E-state index in [-0.39, 0.29) is 0 Å². The molecule has 0 aromatic heterocycles. The highest BCUT2D eigenvalue weighted by molar-refractivity contribution is 5.43. The zero-order valence-electron chi connectivity index (χ0n) is 13.0. The first-order valence-electron chi connectivity index (χ1n) is 7.55. The molecule has 4 heteroatoms. The summed E-state index contributed by atoms with van der Waals surface area (Å²) in [4.78, 5) is 0. The molecular weight excluding hydrogens is 252 g/mol. The van der Waals surface area contributed by atoms with E-state index in [9.17, 15) is 0 Å². The summed E-state index contributed by atoms with van der Waals surface area (Å²) in [6.07, 6.45) is 2.13. The minimum absolute atomic E-state index is 0.654. The average Bonchev–Trinajstić information content (AvgIpc) is 2.46. The Hall–Kier alpha value is -1.26. The van der Waals surface area contributed by atoms with E-state index < -0.39 is 0 Å². The van der Waals surface area contributed by atoms with Gasteiger partial charge in [0, 0.05) is 6.54 Å². The van der Waals surface area contributed by atoms with Gasteiger partial charge in [-0.2, -0.15) is 0 Å². The van der Waals surface area contributed by atoms with Crippen molar-refractivity contribution in [1.82, 2.24) is 10.6 Å². The van der Waals surface area contributed by atoms with Crippen LogP contribution in [0.2, 0.25) is 0 Å². The Balaban J connectivity index is 2.52. The summed E-state index contributed by atoms with van der Waals surface area (Å²) in [5.74, 6) is 1.68. The maximum absolute atomic E-state index is 5.70. The quantitative estimate of drug-likeness (QED) is 0.611. The maximum atomic E-state index is 5.70. The van der Waals surface area contributed by atoms with E-state index in [2.05, 4.69) is 29.7 Å². The van der Waals surface area contributed by atoms with Gasteiger partial charge in [0.1, 0.15) is 0 Å². The molecule has 1 rings (SSSR count). The molecule has 0 saturated carbocycles. The summed E-state index contributed by atoms with van der Waals surface area (Å²) in [5, 5.41) is 6.57. The molecule has 0 saturated heterocycles. The van der Waals surface area contributed by atoms with Gasteiger partial charge in [-0.05, 0) is 57.6 Å². The third kappa shape index (κ3) is 6.26. The van der Waals surface area contributed by atoms with Crippen LogP contribution in [-0.4, -0.2) is 33.4 Å². The second-order valence-electron chi connectivity index (χ2n) is 4.70. The summed E-state index contributed by atoms with van der Waals surface area (Å²) < 4.78 is 11.4. The third-order valence-corrected chi connectivity index (χ3v) is 2.88. The van der Waals surface area contributed by atoms with Gasteiger partial charge in [-0.3, -0.25) is 0 Å². The first-order chi connectivity index (χ1) is 9.81. The van der Waals surface area contributed by atoms with Gasteiger partial charge in [-0.15, -0.1) is 0 Å². The van der Waals surface area contributed by atoms with Crippen molar-refractivity contribution in [3.63, 3.8) is 0 Å². The summed E-state index contributed by atoms with van der Waals surface area (Å²) in [6.45, 7) is 8.39. The van der Waals surface area contributed by atoms with Gasteiger partial charge in [0.2, 0.25) is 0 Å². The van der Waals surface area contributed by atoms with Crippen LogP contribution in [0.15, 0.2) is 18.2 Å². The number of nitrogens with one attached hydrogen (secondary N) is 2. The second kappa shape index (κ2) is 10.5. The van der Waals surface area contributed by atoms with Crippen molar-refractivity contribution in [2.75, 3.05) is 33.4 Å². The SMILES string of the molecule is CCCOc1ccc(CNCCCNC)cc1OCC. The van der Waals surface area contributed by atoms with Crippen LogP contribution in [0, 0.1) is 0 Å². The van der Waals surface area contributed by atoms with Crippen LogP contribution in [0.25, 0.3) is 0 Å². The predicted molar refractivity (Wildman–Crippen MR) is 83.6 cm³/mol. The van der Waals surface area contributed by atoms with E-state index in [1.165, 1.54) is 5.56 Å². The molecule has 0 aliphatic rings. The van der Waals surface area contributed by atoms with Crippen molar-refractivity contribution < 1.29 is 9.47 Å². The number of ether oxygens (including phenoxy) is 2. The van der Waals surface area contributed by atoms with E-state index in [1.807, 2.05) is 20.0 Å². The van der Waals surface area contributed by atoms with Crippen LogP contribution >= 0.6 is 0 Å². The van der Waals surface area contributed by atoms with Gasteiger partial charge in [-0.25, -0.2) is 0 Å². The third-order valence-electron chi connectivity index (χ3n) is 2.88. The van der Waals surface area contributed by atoms with E-state index in [0.29, 0.717) is 6.61 Å². The van der Waals surface area contributed by atoms with Crippen LogP contribution in [0.3, 0.4) is 0 Å². The molecule has 0 aliphatic heterocycles. The molecule has 1 aromatic rings. The minimum atomic E-state index is 0.654. The lowest BCUT2D eigenvalue weighted by Crippen LogP contribution is -2.19. The normalized spacial score (nSPS) is 10.6. The minimum Gasteiger partial charge on any atom is -0.490 e. The zero-order chi connectivity index (χ0) is 14.6. The Morgan fingerprint density at radius 3 is 2.60 bits per heavy atom. The molecule has 0 spiro atoms. The van der Waals surface area contributed by atoms with Crippen LogP contribution < -0.4 is 20.1 Å². The summed E-state index contributed by atoms with van der Waals surface area (Å²) >= 11 is 0. The van der Waals surface area contributed by atoms with Crippen LogP contribution in [0.4, 0.5) is 0 Å². The van der Waals surface area contributed by atoms with E-state index >= 15 is 0 Å². The zero-order valence-corrected chi connectivity index (χ0v) is 13.0. The van der Waals surface area contributed by atoms with Gasteiger partial charge in [0.05, 0.1) is 13.2 Å². The molecule has 4 nitrogen and oxygen atoms in total. The van der Waals surface area contributed by atoms with Gasteiger partial charge in [0.25, 0.3) is 0 Å². The van der Waals surface area contributed by atoms with Crippen LogP contribution in [0.1, 0.15) is 32.3 Å². The largest absolute Gasteiger partial charge is 0.490 e. The molecule has 114 valence electrons. The lowest BCUT2D eigenvalue weighted by atomic mass is 10.2. The Labute approximate surface area is 122 Å². The Bertz CT molecular complexity index is 369. The summed E-state index contributed by atoms with van der Waals surface area (Å²) in [5.41, 5.74) is 1.22. The van der Waals surface area contributed by atoms with E-state index in [4.69, 9.17) is 9.47 Å². The molecule has 0 heterocycles. The summed E-state index contributed by atoms with van der Waals surface area (Å²) in [6, 6.07) is 6.17. The molecule has 0 bridgehead atoms. The van der Waals surface area contributed by atoms with Gasteiger partial charge >= 0.3 is 0 Å². The fraction of sp³-hybridized carbons (Fsp3) is 0.625. The van der Waals surface area contributed by atoms with Gasteiger partial charge < -0.3 is 20.1 Å². The van der Waals surface area contributed by atoms with Crippen molar-refractivity contribution in [1.29, 1.82) is 0 Å². The average molecular weight is 280 g/mol. The highest BCUT2D eigenvalue weighted by Gasteiger charge is 2.06. The van der Waals surface area contributed by atoms with Crippen LogP contribution in [-0.2, 0) is 6.54 Å². The van der Waals surface area contributed by atoms with Crippen molar-refractivity contribution >= 4 is 0 Å². The van der Waals surface area contributed by atoms with E-state index in [0.717, 1.165) is 50.6 Å². The molecule has 20 heavy (non-hydrogen) atoms. The highest BCUT2D eigenvalue weighted by atomic mass is 16.5. The fourth-order valence-electron chi connectivity index (χ4n) is 1.88. The Morgan fingerprint density at radius 2 is 1.90 bits per heavy atom. The fourth-order valence-corrected chi connectivity index (χ4v) is 1.88.